The Morgan fingerprint density at radius 3 is 3.08 bits per heavy atom. The van der Waals surface area contributed by atoms with Crippen LogP contribution in [-0.2, 0) is 4.79 Å². The Kier molecular flexibility index (Phi) is 1.72. The van der Waals surface area contributed by atoms with Gasteiger partial charge in [0.2, 0.25) is 6.08 Å². The molecule has 0 unspecified atom stereocenters. The van der Waals surface area contributed by atoms with Crippen molar-refractivity contribution in [1.82, 2.24) is 0 Å². The summed E-state index contributed by atoms with van der Waals surface area (Å²) in [6, 6.07) is 7.24. The third-order valence-corrected chi connectivity index (χ3v) is 1.83. The predicted molar refractivity (Wildman–Crippen MR) is 48.7 cm³/mol. The lowest BCUT2D eigenvalue weighted by Gasteiger charge is -1.90. The Balaban J connectivity index is 2.81. The van der Waals surface area contributed by atoms with Crippen LogP contribution in [0.1, 0.15) is 5.76 Å². The first-order chi connectivity index (χ1) is 6.31. The van der Waals surface area contributed by atoms with Crippen LogP contribution in [0, 0.1) is 6.92 Å². The summed E-state index contributed by atoms with van der Waals surface area (Å²) in [5, 5.41) is 0.850. The highest BCUT2D eigenvalue weighted by Crippen LogP contribution is 2.27. The number of hydrogen-bond donors (Lipinski definition) is 0. The molecule has 3 nitrogen and oxygen atoms in total. The van der Waals surface area contributed by atoms with Crippen molar-refractivity contribution in [3.63, 3.8) is 0 Å². The lowest BCUT2D eigenvalue weighted by atomic mass is 10.2. The Bertz CT molecular complexity index is 493. The van der Waals surface area contributed by atoms with Crippen LogP contribution in [0.4, 0.5) is 5.69 Å². The van der Waals surface area contributed by atoms with Gasteiger partial charge in [0.1, 0.15) is 11.3 Å². The molecule has 2 rings (SSSR count). The summed E-state index contributed by atoms with van der Waals surface area (Å²) in [5.41, 5.74) is 1.35. The van der Waals surface area contributed by atoms with Gasteiger partial charge in [-0.2, -0.15) is 4.99 Å². The Hall–Kier alpha value is -1.86. The third-order valence-electron chi connectivity index (χ3n) is 1.83. The van der Waals surface area contributed by atoms with E-state index < -0.39 is 0 Å². The molecule has 1 aromatic heterocycles. The number of hydrogen-bond acceptors (Lipinski definition) is 3. The van der Waals surface area contributed by atoms with Gasteiger partial charge in [-0.05, 0) is 25.1 Å². The monoisotopic (exact) mass is 173 g/mol. The van der Waals surface area contributed by atoms with E-state index in [1.165, 1.54) is 6.08 Å². The maximum Gasteiger partial charge on any atom is 0.240 e. The van der Waals surface area contributed by atoms with Crippen LogP contribution in [0.15, 0.2) is 33.7 Å². The van der Waals surface area contributed by atoms with Gasteiger partial charge in [-0.15, -0.1) is 0 Å². The molecule has 64 valence electrons. The smallest absolute Gasteiger partial charge is 0.240 e. The molecule has 0 radical (unpaired) electrons. The zero-order valence-corrected chi connectivity index (χ0v) is 7.07. The van der Waals surface area contributed by atoms with Crippen molar-refractivity contribution in [2.24, 2.45) is 4.99 Å². The second kappa shape index (κ2) is 2.88. The average Bonchev–Trinajstić information content (AvgIpc) is 2.47. The summed E-state index contributed by atoms with van der Waals surface area (Å²) in [6.45, 7) is 1.86. The van der Waals surface area contributed by atoms with Crippen molar-refractivity contribution in [2.45, 2.75) is 6.92 Å². The molecule has 1 aromatic carbocycles. The highest BCUT2D eigenvalue weighted by Gasteiger charge is 2.03. The van der Waals surface area contributed by atoms with E-state index >= 15 is 0 Å². The van der Waals surface area contributed by atoms with E-state index in [1.54, 1.807) is 12.1 Å². The first-order valence-electron chi connectivity index (χ1n) is 3.88. The van der Waals surface area contributed by atoms with Gasteiger partial charge in [0.05, 0.1) is 5.69 Å². The van der Waals surface area contributed by atoms with E-state index in [1.807, 2.05) is 19.1 Å². The molecule has 0 aliphatic heterocycles. The first-order valence-corrected chi connectivity index (χ1v) is 3.88. The molecule has 0 saturated heterocycles. The highest BCUT2D eigenvalue weighted by atomic mass is 16.3. The van der Waals surface area contributed by atoms with E-state index in [0.29, 0.717) is 5.69 Å². The summed E-state index contributed by atoms with van der Waals surface area (Å²) in [5.74, 6) is 0.809. The molecule has 0 atom stereocenters. The summed E-state index contributed by atoms with van der Waals surface area (Å²) in [4.78, 5) is 13.7. The zero-order valence-electron chi connectivity index (χ0n) is 7.07. The first kappa shape index (κ1) is 7.77. The molecule has 0 aliphatic carbocycles. The van der Waals surface area contributed by atoms with E-state index in [2.05, 4.69) is 4.99 Å². The lowest BCUT2D eigenvalue weighted by molar-refractivity contribution is 0.565. The fourth-order valence-corrected chi connectivity index (χ4v) is 1.32. The second-order valence-corrected chi connectivity index (χ2v) is 2.75. The topological polar surface area (TPSA) is 42.6 Å². The Morgan fingerprint density at radius 2 is 2.31 bits per heavy atom. The molecule has 0 spiro atoms. The number of aryl methyl sites for hydroxylation is 1. The van der Waals surface area contributed by atoms with E-state index in [4.69, 9.17) is 4.42 Å². The van der Waals surface area contributed by atoms with Gasteiger partial charge in [-0.1, -0.05) is 6.07 Å². The van der Waals surface area contributed by atoms with Crippen molar-refractivity contribution in [1.29, 1.82) is 0 Å². The van der Waals surface area contributed by atoms with Gasteiger partial charge < -0.3 is 4.42 Å². The number of carbonyl (C=O) groups excluding carboxylic acids is 1. The molecular weight excluding hydrogens is 166 g/mol. The molecule has 0 N–H and O–H groups in total. The normalized spacial score (nSPS) is 9.92. The summed E-state index contributed by atoms with van der Waals surface area (Å²) < 4.78 is 5.37. The minimum absolute atomic E-state index is 0.601. The van der Waals surface area contributed by atoms with Crippen LogP contribution in [0.5, 0.6) is 0 Å². The lowest BCUT2D eigenvalue weighted by Crippen LogP contribution is -1.65. The Morgan fingerprint density at radius 1 is 1.46 bits per heavy atom. The molecule has 0 amide bonds. The second-order valence-electron chi connectivity index (χ2n) is 2.75. The van der Waals surface area contributed by atoms with Crippen molar-refractivity contribution in [3.05, 3.63) is 30.0 Å². The largest absolute Gasteiger partial charge is 0.461 e. The van der Waals surface area contributed by atoms with Crippen molar-refractivity contribution in [2.75, 3.05) is 0 Å². The number of rotatable bonds is 1. The fourth-order valence-electron chi connectivity index (χ4n) is 1.32. The molecule has 0 fully saturated rings. The van der Waals surface area contributed by atoms with Crippen LogP contribution in [-0.4, -0.2) is 6.08 Å². The van der Waals surface area contributed by atoms with Crippen LogP contribution in [0.3, 0.4) is 0 Å². The van der Waals surface area contributed by atoms with Gasteiger partial charge in [0, 0.05) is 5.39 Å². The standard InChI is InChI=1S/C10H7NO2/c1-7-5-8-9(11-6-12)3-2-4-10(8)13-7/h2-5H,1H3. The summed E-state index contributed by atoms with van der Waals surface area (Å²) in [6.07, 6.45) is 1.52. The minimum atomic E-state index is 0.601. The maximum atomic E-state index is 10.1. The minimum Gasteiger partial charge on any atom is -0.461 e. The SMILES string of the molecule is Cc1cc2c(N=C=O)cccc2o1. The molecule has 13 heavy (non-hydrogen) atoms. The van der Waals surface area contributed by atoms with E-state index in [-0.39, 0.29) is 0 Å². The molecule has 2 aromatic rings. The molecule has 0 aliphatic rings. The van der Waals surface area contributed by atoms with Gasteiger partial charge in [-0.3, -0.25) is 0 Å². The van der Waals surface area contributed by atoms with Gasteiger partial charge in [0.15, 0.2) is 0 Å². The average molecular weight is 173 g/mol. The van der Waals surface area contributed by atoms with Gasteiger partial charge >= 0.3 is 0 Å². The number of benzene rings is 1. The van der Waals surface area contributed by atoms with Crippen LogP contribution in [0.25, 0.3) is 11.0 Å². The molecule has 0 bridgehead atoms. The van der Waals surface area contributed by atoms with Crippen LogP contribution >= 0.6 is 0 Å². The van der Waals surface area contributed by atoms with Crippen LogP contribution in [0.2, 0.25) is 0 Å². The number of nitrogens with zero attached hydrogens (tertiary/aromatic N) is 1. The van der Waals surface area contributed by atoms with Crippen LogP contribution < -0.4 is 0 Å². The quantitative estimate of drug-likeness (QED) is 0.491. The Labute approximate surface area is 74.7 Å². The fraction of sp³-hybridized carbons (Fsp3) is 0.100. The molecule has 1 heterocycles. The number of isocyanates is 1. The van der Waals surface area contributed by atoms with Gasteiger partial charge in [0.25, 0.3) is 0 Å². The summed E-state index contributed by atoms with van der Waals surface area (Å²) in [7, 11) is 0. The number of furan rings is 1. The number of aliphatic imine (C=N–C) groups is 1. The maximum absolute atomic E-state index is 10.1. The van der Waals surface area contributed by atoms with E-state index in [0.717, 1.165) is 16.7 Å². The van der Waals surface area contributed by atoms with Crippen molar-refractivity contribution < 1.29 is 9.21 Å². The zero-order chi connectivity index (χ0) is 9.26. The summed E-state index contributed by atoms with van der Waals surface area (Å²) >= 11 is 0. The number of fused-ring (bicyclic) bond motifs is 1. The highest BCUT2D eigenvalue weighted by molar-refractivity contribution is 5.90. The molecular formula is C10H7NO2. The predicted octanol–water partition coefficient (Wildman–Crippen LogP) is 2.71. The third kappa shape index (κ3) is 1.25. The van der Waals surface area contributed by atoms with Gasteiger partial charge in [-0.25, -0.2) is 4.79 Å². The molecule has 3 heteroatoms. The van der Waals surface area contributed by atoms with E-state index in [9.17, 15) is 4.79 Å². The molecule has 0 saturated carbocycles. The van der Waals surface area contributed by atoms with Crippen molar-refractivity contribution in [3.8, 4) is 0 Å². The van der Waals surface area contributed by atoms with Crippen molar-refractivity contribution >= 4 is 22.7 Å².